The fourth-order valence-electron chi connectivity index (χ4n) is 2.80. The minimum Gasteiger partial charge on any atom is -0.378 e. The van der Waals surface area contributed by atoms with E-state index >= 15 is 0 Å². The summed E-state index contributed by atoms with van der Waals surface area (Å²) in [6.07, 6.45) is 2.89. The summed E-state index contributed by atoms with van der Waals surface area (Å²) in [6, 6.07) is 14.9. The number of aromatic nitrogens is 1. The van der Waals surface area contributed by atoms with Gasteiger partial charge in [0.15, 0.2) is 0 Å². The van der Waals surface area contributed by atoms with Crippen LogP contribution in [-0.4, -0.2) is 30.9 Å². The van der Waals surface area contributed by atoms with E-state index < -0.39 is 0 Å². The number of nitrogens with zero attached hydrogens (tertiary/aromatic N) is 2. The quantitative estimate of drug-likeness (QED) is 0.685. The SMILES string of the molecule is Cc1ccc(C)c(NC(=O)c2cncc(C(=O)Nc3ccc(N(C)C)cc3)c2)c1. The Hall–Kier alpha value is -3.67. The van der Waals surface area contributed by atoms with Gasteiger partial charge >= 0.3 is 0 Å². The monoisotopic (exact) mass is 388 g/mol. The first-order valence-corrected chi connectivity index (χ1v) is 9.26. The van der Waals surface area contributed by atoms with E-state index in [9.17, 15) is 9.59 Å². The molecule has 29 heavy (non-hydrogen) atoms. The molecule has 0 unspecified atom stereocenters. The number of pyridine rings is 1. The Balaban J connectivity index is 1.73. The van der Waals surface area contributed by atoms with Crippen molar-refractivity contribution in [3.63, 3.8) is 0 Å². The molecule has 0 atom stereocenters. The van der Waals surface area contributed by atoms with Crippen LogP contribution in [0.5, 0.6) is 0 Å². The third-order valence-electron chi connectivity index (χ3n) is 4.55. The summed E-state index contributed by atoms with van der Waals surface area (Å²) in [5.74, 6) is -0.632. The predicted octanol–water partition coefficient (Wildman–Crippen LogP) is 4.27. The van der Waals surface area contributed by atoms with E-state index in [1.807, 2.05) is 75.3 Å². The number of aryl methyl sites for hydroxylation is 2. The van der Waals surface area contributed by atoms with Crippen molar-refractivity contribution < 1.29 is 9.59 Å². The Kier molecular flexibility index (Phi) is 5.93. The second-order valence-electron chi connectivity index (χ2n) is 7.13. The van der Waals surface area contributed by atoms with E-state index in [2.05, 4.69) is 15.6 Å². The molecule has 0 aliphatic rings. The lowest BCUT2D eigenvalue weighted by molar-refractivity contribution is 0.102. The molecule has 148 valence electrons. The van der Waals surface area contributed by atoms with Crippen molar-refractivity contribution in [3.8, 4) is 0 Å². The number of anilines is 3. The smallest absolute Gasteiger partial charge is 0.257 e. The third-order valence-corrected chi connectivity index (χ3v) is 4.55. The van der Waals surface area contributed by atoms with Crippen molar-refractivity contribution in [2.24, 2.45) is 0 Å². The fourth-order valence-corrected chi connectivity index (χ4v) is 2.80. The van der Waals surface area contributed by atoms with Crippen LogP contribution in [0.3, 0.4) is 0 Å². The molecule has 3 rings (SSSR count). The van der Waals surface area contributed by atoms with Crippen LogP contribution in [0.4, 0.5) is 17.1 Å². The highest BCUT2D eigenvalue weighted by Crippen LogP contribution is 2.19. The Morgan fingerprint density at radius 1 is 0.828 bits per heavy atom. The van der Waals surface area contributed by atoms with E-state index in [0.29, 0.717) is 16.8 Å². The van der Waals surface area contributed by atoms with Gasteiger partial charge in [-0.3, -0.25) is 14.6 Å². The highest BCUT2D eigenvalue weighted by atomic mass is 16.2. The Morgan fingerprint density at radius 3 is 2.07 bits per heavy atom. The molecule has 1 aromatic heterocycles. The first kappa shape index (κ1) is 20.1. The highest BCUT2D eigenvalue weighted by Gasteiger charge is 2.13. The van der Waals surface area contributed by atoms with Gasteiger partial charge in [-0.15, -0.1) is 0 Å². The van der Waals surface area contributed by atoms with Gasteiger partial charge in [0, 0.05) is 43.6 Å². The Bertz CT molecular complexity index is 1040. The molecule has 0 fully saturated rings. The van der Waals surface area contributed by atoms with Crippen LogP contribution in [0.2, 0.25) is 0 Å². The standard InChI is InChI=1S/C23H24N4O2/c1-15-5-6-16(2)21(11-15)26-23(29)18-12-17(13-24-14-18)22(28)25-19-7-9-20(10-8-19)27(3)4/h5-14H,1-4H3,(H,25,28)(H,26,29). The van der Waals surface area contributed by atoms with Crippen molar-refractivity contribution in [3.05, 3.63) is 83.2 Å². The number of hydrogen-bond donors (Lipinski definition) is 2. The van der Waals surface area contributed by atoms with Crippen molar-refractivity contribution in [2.75, 3.05) is 29.6 Å². The van der Waals surface area contributed by atoms with Crippen LogP contribution in [0.25, 0.3) is 0 Å². The van der Waals surface area contributed by atoms with Gasteiger partial charge in [-0.25, -0.2) is 0 Å². The molecule has 6 nitrogen and oxygen atoms in total. The average molecular weight is 388 g/mol. The lowest BCUT2D eigenvalue weighted by Crippen LogP contribution is -2.16. The third kappa shape index (κ3) is 4.99. The van der Waals surface area contributed by atoms with Crippen molar-refractivity contribution in [1.82, 2.24) is 4.98 Å². The molecule has 2 amide bonds. The highest BCUT2D eigenvalue weighted by molar-refractivity contribution is 6.08. The summed E-state index contributed by atoms with van der Waals surface area (Å²) in [7, 11) is 3.90. The van der Waals surface area contributed by atoms with Gasteiger partial charge in [-0.1, -0.05) is 12.1 Å². The molecule has 0 bridgehead atoms. The lowest BCUT2D eigenvalue weighted by atomic mass is 10.1. The van der Waals surface area contributed by atoms with Crippen LogP contribution >= 0.6 is 0 Å². The second kappa shape index (κ2) is 8.56. The van der Waals surface area contributed by atoms with Crippen molar-refractivity contribution in [2.45, 2.75) is 13.8 Å². The van der Waals surface area contributed by atoms with Gasteiger partial charge in [0.05, 0.1) is 11.1 Å². The maximum absolute atomic E-state index is 12.6. The molecule has 6 heteroatoms. The normalized spacial score (nSPS) is 10.3. The summed E-state index contributed by atoms with van der Waals surface area (Å²) < 4.78 is 0. The van der Waals surface area contributed by atoms with Crippen LogP contribution in [0, 0.1) is 13.8 Å². The maximum Gasteiger partial charge on any atom is 0.257 e. The summed E-state index contributed by atoms with van der Waals surface area (Å²) in [5.41, 5.74) is 5.10. The van der Waals surface area contributed by atoms with Crippen LogP contribution < -0.4 is 15.5 Å². The Labute approximate surface area is 170 Å². The number of amides is 2. The largest absolute Gasteiger partial charge is 0.378 e. The fraction of sp³-hybridized carbons (Fsp3) is 0.174. The van der Waals surface area contributed by atoms with Crippen molar-refractivity contribution >= 4 is 28.9 Å². The number of carbonyl (C=O) groups excluding carboxylic acids is 2. The summed E-state index contributed by atoms with van der Waals surface area (Å²) in [5, 5.41) is 5.71. The van der Waals surface area contributed by atoms with Gasteiger partial charge in [0.2, 0.25) is 0 Å². The molecule has 2 aromatic carbocycles. The lowest BCUT2D eigenvalue weighted by Gasteiger charge is -2.13. The first-order chi connectivity index (χ1) is 13.8. The predicted molar refractivity (Wildman–Crippen MR) is 117 cm³/mol. The second-order valence-corrected chi connectivity index (χ2v) is 7.13. The average Bonchev–Trinajstić information content (AvgIpc) is 2.71. The number of hydrogen-bond acceptors (Lipinski definition) is 4. The topological polar surface area (TPSA) is 74.3 Å². The summed E-state index contributed by atoms with van der Waals surface area (Å²) in [4.78, 5) is 31.2. The van der Waals surface area contributed by atoms with E-state index in [0.717, 1.165) is 22.5 Å². The van der Waals surface area contributed by atoms with E-state index in [1.54, 1.807) is 0 Å². The first-order valence-electron chi connectivity index (χ1n) is 9.26. The zero-order valence-corrected chi connectivity index (χ0v) is 17.0. The number of nitrogens with one attached hydrogen (secondary N) is 2. The van der Waals surface area contributed by atoms with E-state index in [4.69, 9.17) is 0 Å². The molecule has 0 saturated carbocycles. The molecule has 0 radical (unpaired) electrons. The number of benzene rings is 2. The van der Waals surface area contributed by atoms with Crippen LogP contribution in [0.15, 0.2) is 60.9 Å². The van der Waals surface area contributed by atoms with E-state index in [1.165, 1.54) is 18.5 Å². The molecule has 2 N–H and O–H groups in total. The Morgan fingerprint density at radius 2 is 1.45 bits per heavy atom. The van der Waals surface area contributed by atoms with E-state index in [-0.39, 0.29) is 11.8 Å². The molecular formula is C23H24N4O2. The zero-order chi connectivity index (χ0) is 21.0. The number of carbonyl (C=O) groups is 2. The van der Waals surface area contributed by atoms with Gasteiger partial charge in [0.25, 0.3) is 11.8 Å². The molecule has 0 aliphatic heterocycles. The molecule has 1 heterocycles. The van der Waals surface area contributed by atoms with Gasteiger partial charge in [-0.05, 0) is 61.4 Å². The van der Waals surface area contributed by atoms with Crippen LogP contribution in [-0.2, 0) is 0 Å². The summed E-state index contributed by atoms with van der Waals surface area (Å²) >= 11 is 0. The van der Waals surface area contributed by atoms with Gasteiger partial charge in [0.1, 0.15) is 0 Å². The van der Waals surface area contributed by atoms with Gasteiger partial charge < -0.3 is 15.5 Å². The molecular weight excluding hydrogens is 364 g/mol. The molecule has 0 saturated heterocycles. The zero-order valence-electron chi connectivity index (χ0n) is 17.0. The van der Waals surface area contributed by atoms with Gasteiger partial charge in [-0.2, -0.15) is 0 Å². The maximum atomic E-state index is 12.6. The molecule has 0 aliphatic carbocycles. The number of rotatable bonds is 5. The minimum absolute atomic E-state index is 0.309. The molecule has 3 aromatic rings. The molecule has 0 spiro atoms. The minimum atomic E-state index is -0.323. The summed E-state index contributed by atoms with van der Waals surface area (Å²) in [6.45, 7) is 3.89. The van der Waals surface area contributed by atoms with Crippen molar-refractivity contribution in [1.29, 1.82) is 0 Å². The van der Waals surface area contributed by atoms with Crippen LogP contribution in [0.1, 0.15) is 31.8 Å².